The van der Waals surface area contributed by atoms with Crippen molar-refractivity contribution < 1.29 is 28.5 Å². The van der Waals surface area contributed by atoms with E-state index in [1.807, 2.05) is 25.1 Å². The summed E-state index contributed by atoms with van der Waals surface area (Å²) in [7, 11) is 4.70. The number of nitrogens with one attached hydrogen (secondary N) is 1. The molecule has 2 aliphatic rings. The van der Waals surface area contributed by atoms with Crippen molar-refractivity contribution >= 4 is 35.0 Å². The summed E-state index contributed by atoms with van der Waals surface area (Å²) in [6.45, 7) is 2.18. The number of hydrogen-bond acceptors (Lipinski definition) is 7. The average molecular weight is 546 g/mol. The Morgan fingerprint density at radius 2 is 1.68 bits per heavy atom. The molecule has 0 spiro atoms. The summed E-state index contributed by atoms with van der Waals surface area (Å²) in [6, 6.07) is 10.9. The van der Waals surface area contributed by atoms with Crippen LogP contribution in [0.4, 0.5) is 0 Å². The highest BCUT2D eigenvalue weighted by Crippen LogP contribution is 2.47. The van der Waals surface area contributed by atoms with Crippen LogP contribution in [0.3, 0.4) is 0 Å². The van der Waals surface area contributed by atoms with Crippen molar-refractivity contribution in [2.75, 3.05) is 34.5 Å². The van der Waals surface area contributed by atoms with E-state index in [2.05, 4.69) is 5.32 Å². The Bertz CT molecular complexity index is 1290. The van der Waals surface area contributed by atoms with Crippen LogP contribution in [0.15, 0.2) is 58.9 Å². The number of ether oxygens (including phenoxy) is 4. The number of Topliss-reactive ketones (excluding diaryl/α,β-unsaturated/α-hetero) is 1. The van der Waals surface area contributed by atoms with E-state index in [9.17, 15) is 9.59 Å². The van der Waals surface area contributed by atoms with Crippen molar-refractivity contribution in [1.82, 2.24) is 5.32 Å². The predicted molar refractivity (Wildman–Crippen MR) is 141 cm³/mol. The lowest BCUT2D eigenvalue weighted by atomic mass is 9.71. The maximum Gasteiger partial charge on any atom is 0.336 e. The van der Waals surface area contributed by atoms with Gasteiger partial charge in [0.25, 0.3) is 0 Å². The van der Waals surface area contributed by atoms with Crippen molar-refractivity contribution in [2.45, 2.75) is 31.6 Å². The standard InChI is InChI=1S/C28H29Cl2NO6/c1-15-25(28(33)37-10-9-34-2)26(17-5-7-19(29)20(30)11-17)27-21(31-15)12-18(13-22(27)32)16-6-8-23(35-3)24(14-16)36-4/h5-8,11,14,18,26,31H,9-10,12-13H2,1-4H3. The van der Waals surface area contributed by atoms with Gasteiger partial charge in [0, 0.05) is 36.4 Å². The summed E-state index contributed by atoms with van der Waals surface area (Å²) in [5.41, 5.74) is 3.97. The minimum absolute atomic E-state index is 0.0562. The van der Waals surface area contributed by atoms with Crippen LogP contribution >= 0.6 is 23.2 Å². The van der Waals surface area contributed by atoms with E-state index >= 15 is 0 Å². The topological polar surface area (TPSA) is 83.1 Å². The fraction of sp³-hybridized carbons (Fsp3) is 0.357. The summed E-state index contributed by atoms with van der Waals surface area (Å²) in [5, 5.41) is 4.07. The second-order valence-electron chi connectivity index (χ2n) is 8.93. The Hall–Kier alpha value is -3.00. The zero-order valence-corrected chi connectivity index (χ0v) is 22.7. The van der Waals surface area contributed by atoms with Crippen LogP contribution in [-0.4, -0.2) is 46.3 Å². The molecule has 0 bridgehead atoms. The van der Waals surface area contributed by atoms with E-state index in [0.29, 0.717) is 50.4 Å². The van der Waals surface area contributed by atoms with Gasteiger partial charge in [-0.05, 0) is 54.7 Å². The molecule has 1 aliphatic carbocycles. The van der Waals surface area contributed by atoms with Crippen LogP contribution in [0, 0.1) is 0 Å². The molecule has 0 saturated heterocycles. The molecule has 0 radical (unpaired) electrons. The Morgan fingerprint density at radius 1 is 0.946 bits per heavy atom. The van der Waals surface area contributed by atoms with Gasteiger partial charge in [-0.25, -0.2) is 4.79 Å². The van der Waals surface area contributed by atoms with Crippen molar-refractivity contribution in [3.8, 4) is 11.5 Å². The Morgan fingerprint density at radius 3 is 2.35 bits per heavy atom. The first-order chi connectivity index (χ1) is 17.8. The summed E-state index contributed by atoms with van der Waals surface area (Å²) in [6.07, 6.45) is 0.858. The highest BCUT2D eigenvalue weighted by molar-refractivity contribution is 6.42. The third-order valence-corrected chi connectivity index (χ3v) is 7.46. The van der Waals surface area contributed by atoms with Gasteiger partial charge in [-0.1, -0.05) is 35.3 Å². The first-order valence-electron chi connectivity index (χ1n) is 11.9. The van der Waals surface area contributed by atoms with Gasteiger partial charge < -0.3 is 24.3 Å². The van der Waals surface area contributed by atoms with E-state index in [4.69, 9.17) is 42.1 Å². The number of esters is 1. The SMILES string of the molecule is COCCOC(=O)C1=C(C)NC2=C(C(=O)CC(c3ccc(OC)c(OC)c3)C2)C1c1ccc(Cl)c(Cl)c1. The van der Waals surface area contributed by atoms with Gasteiger partial charge in [0.2, 0.25) is 0 Å². The molecule has 1 heterocycles. The summed E-state index contributed by atoms with van der Waals surface area (Å²) < 4.78 is 21.3. The molecule has 0 aromatic heterocycles. The first kappa shape index (κ1) is 27.0. The average Bonchev–Trinajstić information content (AvgIpc) is 2.88. The third-order valence-electron chi connectivity index (χ3n) is 6.72. The smallest absolute Gasteiger partial charge is 0.336 e. The zero-order valence-electron chi connectivity index (χ0n) is 21.2. The number of ketones is 1. The number of allylic oxidation sites excluding steroid dienone is 3. The van der Waals surface area contributed by atoms with Crippen molar-refractivity contribution in [1.29, 1.82) is 0 Å². The molecule has 0 amide bonds. The van der Waals surface area contributed by atoms with E-state index in [-0.39, 0.29) is 31.3 Å². The quantitative estimate of drug-likeness (QED) is 0.343. The second kappa shape index (κ2) is 11.6. The van der Waals surface area contributed by atoms with Gasteiger partial charge >= 0.3 is 5.97 Å². The van der Waals surface area contributed by atoms with E-state index in [0.717, 1.165) is 11.3 Å². The lowest BCUT2D eigenvalue weighted by Crippen LogP contribution is -2.36. The number of rotatable bonds is 8. The monoisotopic (exact) mass is 545 g/mol. The lowest BCUT2D eigenvalue weighted by Gasteiger charge is -2.37. The second-order valence-corrected chi connectivity index (χ2v) is 9.75. The number of carbonyl (C=O) groups excluding carboxylic acids is 2. The molecule has 7 nitrogen and oxygen atoms in total. The molecule has 1 N–H and O–H groups in total. The van der Waals surface area contributed by atoms with Crippen molar-refractivity contribution in [3.63, 3.8) is 0 Å². The number of dihydropyridines is 1. The van der Waals surface area contributed by atoms with E-state index < -0.39 is 11.9 Å². The van der Waals surface area contributed by atoms with Crippen molar-refractivity contribution in [3.05, 3.63) is 80.1 Å². The fourth-order valence-electron chi connectivity index (χ4n) is 4.97. The first-order valence-corrected chi connectivity index (χ1v) is 12.6. The number of hydrogen-bond donors (Lipinski definition) is 1. The molecule has 0 saturated carbocycles. The van der Waals surface area contributed by atoms with Gasteiger partial charge in [-0.2, -0.15) is 0 Å². The lowest BCUT2D eigenvalue weighted by molar-refractivity contribution is -0.140. The Balaban J connectivity index is 1.75. The number of benzene rings is 2. The fourth-order valence-corrected chi connectivity index (χ4v) is 5.28. The Kier molecular flexibility index (Phi) is 8.47. The van der Waals surface area contributed by atoms with Gasteiger partial charge in [0.1, 0.15) is 6.61 Å². The summed E-state index contributed by atoms with van der Waals surface area (Å²) in [5.74, 6) is -0.0523. The zero-order chi connectivity index (χ0) is 26.7. The van der Waals surface area contributed by atoms with E-state index in [1.54, 1.807) is 32.4 Å². The molecule has 37 heavy (non-hydrogen) atoms. The van der Waals surface area contributed by atoms with Gasteiger partial charge in [-0.15, -0.1) is 0 Å². The van der Waals surface area contributed by atoms with Gasteiger partial charge in [0.15, 0.2) is 17.3 Å². The van der Waals surface area contributed by atoms with Crippen LogP contribution in [0.5, 0.6) is 11.5 Å². The van der Waals surface area contributed by atoms with Gasteiger partial charge in [-0.3, -0.25) is 4.79 Å². The summed E-state index contributed by atoms with van der Waals surface area (Å²) >= 11 is 12.5. The van der Waals surface area contributed by atoms with Crippen LogP contribution in [-0.2, 0) is 19.1 Å². The number of halogens is 2. The molecular formula is C28H29Cl2NO6. The minimum Gasteiger partial charge on any atom is -0.493 e. The highest BCUT2D eigenvalue weighted by Gasteiger charge is 2.41. The van der Waals surface area contributed by atoms with E-state index in [1.165, 1.54) is 7.11 Å². The molecule has 2 atom stereocenters. The summed E-state index contributed by atoms with van der Waals surface area (Å²) in [4.78, 5) is 27.0. The maximum atomic E-state index is 13.8. The third kappa shape index (κ3) is 5.49. The Labute approximate surface area is 226 Å². The highest BCUT2D eigenvalue weighted by atomic mass is 35.5. The molecule has 196 valence electrons. The molecule has 1 aliphatic heterocycles. The molecule has 9 heteroatoms. The maximum absolute atomic E-state index is 13.8. The number of carbonyl (C=O) groups is 2. The molecule has 4 rings (SSSR count). The van der Waals surface area contributed by atoms with Crippen LogP contribution in [0.1, 0.15) is 42.7 Å². The van der Waals surface area contributed by atoms with Crippen LogP contribution in [0.25, 0.3) is 0 Å². The number of methoxy groups -OCH3 is 3. The minimum atomic E-state index is -0.639. The molecular weight excluding hydrogens is 517 g/mol. The molecule has 2 unspecified atom stereocenters. The molecule has 2 aromatic rings. The van der Waals surface area contributed by atoms with Crippen LogP contribution in [0.2, 0.25) is 10.0 Å². The molecule has 0 fully saturated rings. The predicted octanol–water partition coefficient (Wildman–Crippen LogP) is 5.56. The van der Waals surface area contributed by atoms with Crippen molar-refractivity contribution in [2.24, 2.45) is 0 Å². The van der Waals surface area contributed by atoms with Crippen LogP contribution < -0.4 is 14.8 Å². The largest absolute Gasteiger partial charge is 0.493 e. The normalized spacial score (nSPS) is 19.4. The molecule has 2 aromatic carbocycles. The van der Waals surface area contributed by atoms with Gasteiger partial charge in [0.05, 0.1) is 36.4 Å².